The first-order valence-corrected chi connectivity index (χ1v) is 9.40. The van der Waals surface area contributed by atoms with E-state index in [9.17, 15) is 22.8 Å². The van der Waals surface area contributed by atoms with Gasteiger partial charge in [-0.15, -0.1) is 12.4 Å². The van der Waals surface area contributed by atoms with E-state index in [-0.39, 0.29) is 40.9 Å². The van der Waals surface area contributed by atoms with Crippen LogP contribution >= 0.6 is 24.0 Å². The van der Waals surface area contributed by atoms with Crippen molar-refractivity contribution in [3.63, 3.8) is 0 Å². The van der Waals surface area contributed by atoms with Crippen molar-refractivity contribution in [1.82, 2.24) is 10.3 Å². The standard InChI is InChI=1S/C21H16ClF3N4O3.ClH.H2O/c1-27-19(30)18-11-15(8-9-28-18)32-14-5-2-12(3-6-14)29(20(26)31)13-4-7-17(22)16(10-13)21(23,24)25;;/h2-11H,1H3,(H2,26,31)(H,27,30);1H;1H2. The number of nitrogens with two attached hydrogens (primary N) is 1. The van der Waals surface area contributed by atoms with Crippen LogP contribution < -0.4 is 20.7 Å². The highest BCUT2D eigenvalue weighted by Gasteiger charge is 2.34. The maximum absolute atomic E-state index is 13.2. The summed E-state index contributed by atoms with van der Waals surface area (Å²) < 4.78 is 45.2. The Morgan fingerprint density at radius 3 is 2.21 bits per heavy atom. The van der Waals surface area contributed by atoms with Gasteiger partial charge in [-0.1, -0.05) is 11.6 Å². The first-order chi connectivity index (χ1) is 15.1. The Morgan fingerprint density at radius 1 is 1.03 bits per heavy atom. The summed E-state index contributed by atoms with van der Waals surface area (Å²) in [5.41, 5.74) is 4.59. The molecule has 34 heavy (non-hydrogen) atoms. The molecule has 1 aromatic heterocycles. The third-order valence-corrected chi connectivity index (χ3v) is 4.59. The number of carbonyl (C=O) groups excluding carboxylic acids is 2. The van der Waals surface area contributed by atoms with Gasteiger partial charge < -0.3 is 21.3 Å². The highest BCUT2D eigenvalue weighted by molar-refractivity contribution is 6.31. The zero-order chi connectivity index (χ0) is 23.5. The highest BCUT2D eigenvalue weighted by Crippen LogP contribution is 2.38. The predicted molar refractivity (Wildman–Crippen MR) is 123 cm³/mol. The number of benzene rings is 2. The van der Waals surface area contributed by atoms with Gasteiger partial charge in [0.25, 0.3) is 5.91 Å². The second-order valence-corrected chi connectivity index (χ2v) is 6.79. The lowest BCUT2D eigenvalue weighted by Crippen LogP contribution is -2.31. The lowest BCUT2D eigenvalue weighted by Gasteiger charge is -2.22. The quantitative estimate of drug-likeness (QED) is 0.506. The van der Waals surface area contributed by atoms with Crippen molar-refractivity contribution in [1.29, 1.82) is 0 Å². The average molecular weight is 519 g/mol. The molecule has 8 nitrogen and oxygen atoms in total. The number of hydrogen-bond donors (Lipinski definition) is 2. The van der Waals surface area contributed by atoms with Crippen molar-refractivity contribution >= 4 is 47.3 Å². The van der Waals surface area contributed by atoms with Crippen LogP contribution in [0, 0.1) is 0 Å². The molecular formula is C21H19Cl2F3N4O4. The van der Waals surface area contributed by atoms with Crippen LogP contribution in [0.25, 0.3) is 0 Å². The van der Waals surface area contributed by atoms with E-state index >= 15 is 0 Å². The van der Waals surface area contributed by atoms with Gasteiger partial charge in [-0.3, -0.25) is 14.7 Å². The van der Waals surface area contributed by atoms with Crippen LogP contribution in [0.5, 0.6) is 11.5 Å². The summed E-state index contributed by atoms with van der Waals surface area (Å²) in [6.07, 6.45) is -3.30. The van der Waals surface area contributed by atoms with Gasteiger partial charge in [-0.05, 0) is 48.5 Å². The van der Waals surface area contributed by atoms with Crippen LogP contribution in [0.15, 0.2) is 60.8 Å². The Bertz CT molecular complexity index is 1160. The zero-order valence-electron chi connectivity index (χ0n) is 17.4. The smallest absolute Gasteiger partial charge is 0.417 e. The number of primary amides is 1. The van der Waals surface area contributed by atoms with Crippen molar-refractivity contribution in [2.75, 3.05) is 11.9 Å². The van der Waals surface area contributed by atoms with Crippen LogP contribution in [0.1, 0.15) is 16.1 Å². The molecule has 0 atom stereocenters. The molecule has 5 N–H and O–H groups in total. The number of nitrogens with one attached hydrogen (secondary N) is 1. The number of nitrogens with zero attached hydrogens (tertiary/aromatic N) is 2. The molecular weight excluding hydrogens is 500 g/mol. The number of pyridine rings is 1. The van der Waals surface area contributed by atoms with E-state index in [2.05, 4.69) is 10.3 Å². The van der Waals surface area contributed by atoms with E-state index in [1.54, 1.807) is 6.07 Å². The van der Waals surface area contributed by atoms with Gasteiger partial charge in [0.2, 0.25) is 0 Å². The van der Waals surface area contributed by atoms with Crippen molar-refractivity contribution in [2.24, 2.45) is 5.73 Å². The molecule has 0 aliphatic heterocycles. The highest BCUT2D eigenvalue weighted by atomic mass is 35.5. The molecule has 0 fully saturated rings. The Morgan fingerprint density at radius 2 is 1.65 bits per heavy atom. The number of amides is 3. The molecule has 0 unspecified atom stereocenters. The van der Waals surface area contributed by atoms with Crippen LogP contribution in [0.2, 0.25) is 5.02 Å². The minimum Gasteiger partial charge on any atom is -0.457 e. The molecule has 182 valence electrons. The first kappa shape index (κ1) is 28.5. The number of carbonyl (C=O) groups is 2. The largest absolute Gasteiger partial charge is 0.457 e. The van der Waals surface area contributed by atoms with Crippen LogP contribution in [0.4, 0.5) is 29.3 Å². The van der Waals surface area contributed by atoms with Crippen molar-refractivity contribution < 1.29 is 33.0 Å². The molecule has 0 aliphatic rings. The van der Waals surface area contributed by atoms with Gasteiger partial charge in [0.05, 0.1) is 22.0 Å². The second-order valence-electron chi connectivity index (χ2n) is 6.39. The molecule has 3 aromatic rings. The van der Waals surface area contributed by atoms with Crippen molar-refractivity contribution in [3.05, 3.63) is 77.1 Å². The second kappa shape index (κ2) is 11.5. The summed E-state index contributed by atoms with van der Waals surface area (Å²) in [4.78, 5) is 28.5. The third kappa shape index (κ3) is 6.50. The maximum atomic E-state index is 13.2. The summed E-state index contributed by atoms with van der Waals surface area (Å²) in [6.45, 7) is 0. The molecule has 2 aromatic carbocycles. The molecule has 0 radical (unpaired) electrons. The molecule has 0 bridgehead atoms. The molecule has 3 amide bonds. The number of ether oxygens (including phenoxy) is 1. The summed E-state index contributed by atoms with van der Waals surface area (Å²) >= 11 is 5.65. The summed E-state index contributed by atoms with van der Waals surface area (Å²) in [5, 5.41) is 1.95. The van der Waals surface area contributed by atoms with Gasteiger partial charge in [-0.25, -0.2) is 4.79 Å². The lowest BCUT2D eigenvalue weighted by atomic mass is 10.1. The van der Waals surface area contributed by atoms with Crippen LogP contribution in [-0.4, -0.2) is 29.4 Å². The SMILES string of the molecule is CNC(=O)c1cc(Oc2ccc(N(C(N)=O)c3ccc(Cl)c(C(F)(F)F)c3)cc2)ccn1.Cl.O. The number of aromatic nitrogens is 1. The van der Waals surface area contributed by atoms with Gasteiger partial charge in [0.1, 0.15) is 17.2 Å². The number of alkyl halides is 3. The average Bonchev–Trinajstić information content (AvgIpc) is 2.75. The fourth-order valence-corrected chi connectivity index (χ4v) is 3.02. The van der Waals surface area contributed by atoms with Gasteiger partial charge in [-0.2, -0.15) is 13.2 Å². The van der Waals surface area contributed by atoms with E-state index in [4.69, 9.17) is 22.1 Å². The van der Waals surface area contributed by atoms with Crippen LogP contribution in [0.3, 0.4) is 0 Å². The molecule has 3 rings (SSSR count). The predicted octanol–water partition coefficient (Wildman–Crippen LogP) is 4.72. The Balaban J connectivity index is 0.00000289. The molecule has 1 heterocycles. The maximum Gasteiger partial charge on any atom is 0.417 e. The minimum atomic E-state index is -4.70. The fourth-order valence-electron chi connectivity index (χ4n) is 2.80. The normalized spacial score (nSPS) is 10.4. The van der Waals surface area contributed by atoms with Gasteiger partial charge in [0, 0.05) is 19.3 Å². The summed E-state index contributed by atoms with van der Waals surface area (Å²) in [7, 11) is 1.47. The molecule has 0 saturated carbocycles. The summed E-state index contributed by atoms with van der Waals surface area (Å²) in [6, 6.07) is 10.9. The lowest BCUT2D eigenvalue weighted by molar-refractivity contribution is -0.137. The fraction of sp³-hybridized carbons (Fsp3) is 0.0952. The Labute approximate surface area is 203 Å². The van der Waals surface area contributed by atoms with Gasteiger partial charge >= 0.3 is 12.2 Å². The third-order valence-electron chi connectivity index (χ3n) is 4.26. The number of anilines is 2. The first-order valence-electron chi connectivity index (χ1n) is 9.02. The van der Waals surface area contributed by atoms with E-state index in [0.29, 0.717) is 11.5 Å². The Kier molecular flexibility index (Phi) is 9.68. The number of halogens is 5. The van der Waals surface area contributed by atoms with Gasteiger partial charge in [0.15, 0.2) is 0 Å². The van der Waals surface area contributed by atoms with Crippen LogP contribution in [-0.2, 0) is 6.18 Å². The van der Waals surface area contributed by atoms with E-state index in [1.165, 1.54) is 49.6 Å². The molecule has 0 aliphatic carbocycles. The Hall–Kier alpha value is -3.54. The molecule has 0 spiro atoms. The topological polar surface area (TPSA) is 129 Å². The van der Waals surface area contributed by atoms with E-state index in [0.717, 1.165) is 17.0 Å². The number of urea groups is 1. The van der Waals surface area contributed by atoms with E-state index in [1.807, 2.05) is 0 Å². The van der Waals surface area contributed by atoms with E-state index < -0.39 is 22.8 Å². The van der Waals surface area contributed by atoms with Crippen molar-refractivity contribution in [2.45, 2.75) is 6.18 Å². The number of rotatable bonds is 5. The van der Waals surface area contributed by atoms with Crippen molar-refractivity contribution in [3.8, 4) is 11.5 Å². The zero-order valence-corrected chi connectivity index (χ0v) is 19.0. The number of hydrogen-bond acceptors (Lipinski definition) is 4. The molecule has 13 heteroatoms. The monoisotopic (exact) mass is 518 g/mol. The minimum absolute atomic E-state index is 0. The molecule has 0 saturated heterocycles. The summed E-state index contributed by atoms with van der Waals surface area (Å²) in [5.74, 6) is 0.300.